The molecule has 0 atom stereocenters. The minimum Gasteiger partial charge on any atom is -0.455 e. The molecule has 2 nitrogen and oxygen atoms in total. The normalized spacial score (nSPS) is 12.9. The first kappa shape index (κ1) is 27.3. The molecule has 7 aromatic carbocycles. The van der Waals surface area contributed by atoms with E-state index in [-0.39, 0.29) is 5.41 Å². The molecule has 0 aliphatic heterocycles. The molecule has 0 saturated carbocycles. The van der Waals surface area contributed by atoms with Crippen LogP contribution in [0.5, 0.6) is 0 Å². The fraction of sp³-hybridized carbons (Fsp3) is 0.0667. The largest absolute Gasteiger partial charge is 0.455 e. The first-order valence-corrected chi connectivity index (χ1v) is 16.1. The third-order valence-corrected chi connectivity index (χ3v) is 9.75. The quantitative estimate of drug-likeness (QED) is 0.195. The van der Waals surface area contributed by atoms with Crippen LogP contribution in [-0.2, 0) is 5.41 Å². The highest BCUT2D eigenvalue weighted by molar-refractivity contribution is 6.05. The lowest BCUT2D eigenvalue weighted by Gasteiger charge is -2.26. The van der Waals surface area contributed by atoms with E-state index in [0.717, 1.165) is 39.0 Å². The van der Waals surface area contributed by atoms with Gasteiger partial charge in [0.1, 0.15) is 11.2 Å². The predicted octanol–water partition coefficient (Wildman–Crippen LogP) is 12.3. The number of rotatable bonds is 5. The average Bonchev–Trinajstić information content (AvgIpc) is 3.61. The van der Waals surface area contributed by atoms with E-state index in [1.807, 2.05) is 12.1 Å². The van der Waals surface area contributed by atoms with Crippen LogP contribution in [-0.4, -0.2) is 0 Å². The van der Waals surface area contributed by atoms with Crippen molar-refractivity contribution < 1.29 is 4.42 Å². The Hall–Kier alpha value is -6.04. The molecule has 1 heterocycles. The summed E-state index contributed by atoms with van der Waals surface area (Å²) in [6.45, 7) is 4.67. The number of hydrogen-bond acceptors (Lipinski definition) is 2. The minimum absolute atomic E-state index is 0.0321. The number of nitrogens with zero attached hydrogens (tertiary/aromatic N) is 1. The zero-order valence-electron chi connectivity index (χ0n) is 26.3. The summed E-state index contributed by atoms with van der Waals surface area (Å²) in [6, 6.07) is 60.5. The van der Waals surface area contributed by atoms with Crippen molar-refractivity contribution in [3.05, 3.63) is 175 Å². The summed E-state index contributed by atoms with van der Waals surface area (Å²) < 4.78 is 6.13. The summed E-state index contributed by atoms with van der Waals surface area (Å²) in [5, 5.41) is 1.97. The number of hydrogen-bond donors (Lipinski definition) is 0. The monoisotopic (exact) mass is 601 g/mol. The second-order valence-corrected chi connectivity index (χ2v) is 12.9. The molecule has 47 heavy (non-hydrogen) atoms. The molecule has 222 valence electrons. The second kappa shape index (κ2) is 10.5. The highest BCUT2D eigenvalue weighted by Gasteiger charge is 2.35. The van der Waals surface area contributed by atoms with E-state index >= 15 is 0 Å². The van der Waals surface area contributed by atoms with Crippen LogP contribution in [0.25, 0.3) is 55.3 Å². The molecule has 0 fully saturated rings. The van der Waals surface area contributed by atoms with Crippen molar-refractivity contribution in [2.24, 2.45) is 0 Å². The highest BCUT2D eigenvalue weighted by Crippen LogP contribution is 2.49. The van der Waals surface area contributed by atoms with Crippen molar-refractivity contribution in [2.75, 3.05) is 4.90 Å². The van der Waals surface area contributed by atoms with Crippen molar-refractivity contribution >= 4 is 39.0 Å². The van der Waals surface area contributed by atoms with Crippen LogP contribution in [0.3, 0.4) is 0 Å². The van der Waals surface area contributed by atoms with Gasteiger partial charge in [0.25, 0.3) is 0 Å². The summed E-state index contributed by atoms with van der Waals surface area (Å²) in [5.41, 5.74) is 15.1. The van der Waals surface area contributed by atoms with E-state index in [0.29, 0.717) is 0 Å². The van der Waals surface area contributed by atoms with E-state index in [4.69, 9.17) is 4.42 Å². The van der Waals surface area contributed by atoms with E-state index in [1.54, 1.807) is 0 Å². The Morgan fingerprint density at radius 2 is 1.13 bits per heavy atom. The van der Waals surface area contributed by atoms with Gasteiger partial charge >= 0.3 is 0 Å². The number of benzene rings is 6. The number of fused-ring (bicyclic) bond motifs is 6. The van der Waals surface area contributed by atoms with Gasteiger partial charge in [0.05, 0.1) is 5.39 Å². The number of anilines is 3. The standard InChI is InChI=1S/C45H31NO/c1-45(2)41-14-8-6-12-37(41)38-26-20-33(28-42(38)45)32-18-23-35(24-19-32)46(34-21-16-31(17-22-34)30-10-4-3-5-11-30)36-25-27-44-40(29-36)39-13-7-9-15-43(39)47-44/h3-6,8-12,14-29H,1-2H3. The maximum atomic E-state index is 6.13. The lowest BCUT2D eigenvalue weighted by molar-refractivity contribution is 0.660. The Balaban J connectivity index is 1.13. The maximum absolute atomic E-state index is 6.13. The first-order chi connectivity index (χ1) is 23.0. The number of furan rings is 1. The van der Waals surface area contributed by atoms with Crippen LogP contribution in [0.1, 0.15) is 25.0 Å². The SMILES string of the molecule is CC1(C)c2ccccc2-c2ccc(-c3ccc(N(c4ccc(-c5ccccc5)cc4)c4ccc5oc6ccc#cc6c5c4)cc3)cc21. The van der Waals surface area contributed by atoms with Gasteiger partial charge in [-0.05, 0) is 105 Å². The van der Waals surface area contributed by atoms with Gasteiger partial charge in [0.2, 0.25) is 0 Å². The summed E-state index contributed by atoms with van der Waals surface area (Å²) in [4.78, 5) is 2.31. The Bertz CT molecular complexity index is 2410. The molecule has 0 saturated heterocycles. The molecule has 2 heteroatoms. The summed E-state index contributed by atoms with van der Waals surface area (Å²) in [6.07, 6.45) is 0. The van der Waals surface area contributed by atoms with E-state index < -0.39 is 0 Å². The van der Waals surface area contributed by atoms with Gasteiger partial charge in [-0.25, -0.2) is 0 Å². The summed E-state index contributed by atoms with van der Waals surface area (Å²) in [5.74, 6) is 0. The van der Waals surface area contributed by atoms with Gasteiger partial charge < -0.3 is 9.32 Å². The van der Waals surface area contributed by atoms with Gasteiger partial charge in [0, 0.05) is 27.9 Å². The molecule has 0 radical (unpaired) electrons. The third kappa shape index (κ3) is 4.43. The van der Waals surface area contributed by atoms with Crippen molar-refractivity contribution in [2.45, 2.75) is 19.3 Å². The van der Waals surface area contributed by atoms with Gasteiger partial charge in [0.15, 0.2) is 0 Å². The zero-order valence-corrected chi connectivity index (χ0v) is 26.3. The molecular weight excluding hydrogens is 571 g/mol. The molecule has 0 spiro atoms. The van der Waals surface area contributed by atoms with Gasteiger partial charge in [-0.2, -0.15) is 0 Å². The molecular formula is C45H31NO. The Kier molecular flexibility index (Phi) is 6.10. The van der Waals surface area contributed by atoms with Crippen molar-refractivity contribution in [3.63, 3.8) is 0 Å². The first-order valence-electron chi connectivity index (χ1n) is 16.1. The van der Waals surface area contributed by atoms with Crippen LogP contribution >= 0.6 is 0 Å². The maximum Gasteiger partial charge on any atom is 0.144 e. The highest BCUT2D eigenvalue weighted by atomic mass is 16.3. The second-order valence-electron chi connectivity index (χ2n) is 12.9. The topological polar surface area (TPSA) is 16.4 Å². The van der Waals surface area contributed by atoms with Crippen molar-refractivity contribution in [1.82, 2.24) is 0 Å². The van der Waals surface area contributed by atoms with Gasteiger partial charge in [-0.1, -0.05) is 117 Å². The minimum atomic E-state index is -0.0321. The van der Waals surface area contributed by atoms with Crippen LogP contribution < -0.4 is 4.90 Å². The van der Waals surface area contributed by atoms with E-state index in [2.05, 4.69) is 170 Å². The van der Waals surface area contributed by atoms with E-state index in [9.17, 15) is 0 Å². The van der Waals surface area contributed by atoms with Crippen LogP contribution in [0.2, 0.25) is 0 Å². The third-order valence-electron chi connectivity index (χ3n) is 9.75. The Morgan fingerprint density at radius 1 is 0.511 bits per heavy atom. The molecule has 0 unspecified atom stereocenters. The van der Waals surface area contributed by atoms with Crippen molar-refractivity contribution in [1.29, 1.82) is 0 Å². The fourth-order valence-corrected chi connectivity index (χ4v) is 7.29. The Labute approximate surface area is 275 Å². The molecule has 9 rings (SSSR count). The van der Waals surface area contributed by atoms with E-state index in [1.165, 1.54) is 44.5 Å². The van der Waals surface area contributed by atoms with Crippen LogP contribution in [0.15, 0.2) is 156 Å². The van der Waals surface area contributed by atoms with Crippen LogP contribution in [0, 0.1) is 12.1 Å². The Morgan fingerprint density at radius 3 is 1.89 bits per heavy atom. The van der Waals surface area contributed by atoms with Gasteiger partial charge in [-0.15, -0.1) is 0 Å². The predicted molar refractivity (Wildman–Crippen MR) is 195 cm³/mol. The average molecular weight is 602 g/mol. The smallest absolute Gasteiger partial charge is 0.144 e. The zero-order chi connectivity index (χ0) is 31.5. The molecule has 0 bridgehead atoms. The molecule has 1 aliphatic rings. The molecule has 0 N–H and O–H groups in total. The van der Waals surface area contributed by atoms with Crippen molar-refractivity contribution in [3.8, 4) is 33.4 Å². The van der Waals surface area contributed by atoms with Gasteiger partial charge in [-0.3, -0.25) is 0 Å². The molecule has 1 aromatic heterocycles. The lowest BCUT2D eigenvalue weighted by Crippen LogP contribution is -2.14. The fourth-order valence-electron chi connectivity index (χ4n) is 7.29. The molecule has 1 aliphatic carbocycles. The molecule has 0 amide bonds. The lowest BCUT2D eigenvalue weighted by atomic mass is 9.81. The molecule has 8 aromatic rings. The summed E-state index contributed by atoms with van der Waals surface area (Å²) >= 11 is 0. The summed E-state index contributed by atoms with van der Waals surface area (Å²) in [7, 11) is 0. The van der Waals surface area contributed by atoms with Crippen LogP contribution in [0.4, 0.5) is 17.1 Å².